The average Bonchev–Trinajstić information content (AvgIpc) is 2.63. The third kappa shape index (κ3) is 5.31. The lowest BCUT2D eigenvalue weighted by Gasteiger charge is -2.15. The van der Waals surface area contributed by atoms with Gasteiger partial charge in [-0.15, -0.1) is 0 Å². The normalized spacial score (nSPS) is 11.5. The van der Waals surface area contributed by atoms with Crippen LogP contribution in [0.2, 0.25) is 0 Å². The van der Waals surface area contributed by atoms with Crippen molar-refractivity contribution in [3.63, 3.8) is 0 Å². The number of carbonyl (C=O) groups excluding carboxylic acids is 2. The van der Waals surface area contributed by atoms with Crippen molar-refractivity contribution in [2.75, 3.05) is 0 Å². The molecule has 2 aromatic rings. The van der Waals surface area contributed by atoms with E-state index in [1.54, 1.807) is 50.2 Å². The van der Waals surface area contributed by atoms with Gasteiger partial charge in [-0.2, -0.15) is 0 Å². The van der Waals surface area contributed by atoms with E-state index >= 15 is 0 Å². The van der Waals surface area contributed by atoms with Crippen LogP contribution < -0.4 is 16.2 Å². The molecule has 0 fully saturated rings. The highest BCUT2D eigenvalue weighted by atomic mass is 16.4. The number of aliphatic carboxylic acids is 1. The zero-order chi connectivity index (χ0) is 20.8. The smallest absolute Gasteiger partial charge is 0.322 e. The quantitative estimate of drug-likeness (QED) is 0.461. The molecule has 2 aromatic carbocycles. The topological polar surface area (TPSA) is 128 Å². The van der Waals surface area contributed by atoms with Crippen LogP contribution in [-0.4, -0.2) is 34.0 Å². The van der Waals surface area contributed by atoms with Crippen LogP contribution in [-0.2, 0) is 11.3 Å². The third-order valence-corrected chi connectivity index (χ3v) is 4.16. The van der Waals surface area contributed by atoms with E-state index in [1.807, 2.05) is 0 Å². The highest BCUT2D eigenvalue weighted by molar-refractivity contribution is 6.00. The van der Waals surface area contributed by atoms with Gasteiger partial charge in [0.25, 0.3) is 11.8 Å². The van der Waals surface area contributed by atoms with Gasteiger partial charge in [0.2, 0.25) is 0 Å². The second kappa shape index (κ2) is 9.01. The maximum atomic E-state index is 12.4. The molecule has 2 amide bonds. The predicted octanol–water partition coefficient (Wildman–Crippen LogP) is 1.65. The van der Waals surface area contributed by atoms with Crippen LogP contribution in [0.15, 0.2) is 36.4 Å². The van der Waals surface area contributed by atoms with Crippen molar-refractivity contribution >= 4 is 17.8 Å². The first kappa shape index (κ1) is 20.9. The first-order valence-corrected chi connectivity index (χ1v) is 8.65. The molecule has 0 aliphatic rings. The molecule has 2 rings (SSSR count). The molecule has 0 spiro atoms. The Bertz CT molecular complexity index is 887. The van der Waals surface area contributed by atoms with Crippen LogP contribution in [0.1, 0.15) is 44.3 Å². The van der Waals surface area contributed by atoms with E-state index in [2.05, 4.69) is 16.2 Å². The van der Waals surface area contributed by atoms with E-state index in [0.29, 0.717) is 22.3 Å². The van der Waals surface area contributed by atoms with E-state index in [1.165, 1.54) is 6.92 Å². The maximum absolute atomic E-state index is 12.4. The fourth-order valence-corrected chi connectivity index (χ4v) is 2.70. The summed E-state index contributed by atoms with van der Waals surface area (Å²) in [7, 11) is 0. The SMILES string of the molecule is Cc1cc(C(=O)NCc2cccc(O)c2)cc(C)c1C(=O)NN[C@@H](C)C(=O)O. The molecule has 0 radical (unpaired) electrons. The second-order valence-corrected chi connectivity index (χ2v) is 6.50. The number of rotatable bonds is 7. The zero-order valence-electron chi connectivity index (χ0n) is 15.9. The van der Waals surface area contributed by atoms with E-state index in [9.17, 15) is 19.5 Å². The van der Waals surface area contributed by atoms with Gasteiger partial charge in [-0.3, -0.25) is 19.8 Å². The number of hydrogen-bond donors (Lipinski definition) is 5. The number of carboxylic acids is 1. The van der Waals surface area contributed by atoms with Crippen LogP contribution >= 0.6 is 0 Å². The monoisotopic (exact) mass is 385 g/mol. The molecule has 0 unspecified atom stereocenters. The lowest BCUT2D eigenvalue weighted by molar-refractivity contribution is -0.139. The molecular formula is C20H23N3O5. The summed E-state index contributed by atoms with van der Waals surface area (Å²) in [5.41, 5.74) is 7.49. The van der Waals surface area contributed by atoms with E-state index in [0.717, 1.165) is 5.56 Å². The number of benzene rings is 2. The molecule has 0 heterocycles. The van der Waals surface area contributed by atoms with Gasteiger partial charge in [0.05, 0.1) is 0 Å². The second-order valence-electron chi connectivity index (χ2n) is 6.50. The first-order valence-electron chi connectivity index (χ1n) is 8.65. The molecule has 0 saturated carbocycles. The lowest BCUT2D eigenvalue weighted by Crippen LogP contribution is -2.46. The Morgan fingerprint density at radius 3 is 2.25 bits per heavy atom. The summed E-state index contributed by atoms with van der Waals surface area (Å²) < 4.78 is 0. The Balaban J connectivity index is 2.08. The number of carboxylic acid groups (broad SMARTS) is 1. The minimum atomic E-state index is -1.09. The molecule has 1 atom stereocenters. The van der Waals surface area contributed by atoms with Gasteiger partial charge in [-0.1, -0.05) is 12.1 Å². The highest BCUT2D eigenvalue weighted by Crippen LogP contribution is 2.17. The molecule has 0 aliphatic heterocycles. The standard InChI is InChI=1S/C20H23N3O5/c1-11-7-15(18(25)21-10-14-5-4-6-16(24)9-14)8-12(2)17(11)19(26)23-22-13(3)20(27)28/h4-9,13,22,24H,10H2,1-3H3,(H,21,25)(H,23,26)(H,27,28)/t13-/m0/s1. The van der Waals surface area contributed by atoms with Crippen LogP contribution in [0.4, 0.5) is 0 Å². The van der Waals surface area contributed by atoms with Crippen LogP contribution in [0.3, 0.4) is 0 Å². The van der Waals surface area contributed by atoms with Crippen LogP contribution in [0, 0.1) is 13.8 Å². The lowest BCUT2D eigenvalue weighted by atomic mass is 9.98. The summed E-state index contributed by atoms with van der Waals surface area (Å²) in [6, 6.07) is 8.85. The Labute approximate surface area is 162 Å². The maximum Gasteiger partial charge on any atom is 0.322 e. The molecule has 5 N–H and O–H groups in total. The molecule has 0 saturated heterocycles. The number of hydrazine groups is 1. The van der Waals surface area contributed by atoms with E-state index < -0.39 is 17.9 Å². The molecule has 0 aliphatic carbocycles. The summed E-state index contributed by atoms with van der Waals surface area (Å²) in [6.07, 6.45) is 0. The average molecular weight is 385 g/mol. The summed E-state index contributed by atoms with van der Waals surface area (Å²) >= 11 is 0. The number of hydrogen-bond acceptors (Lipinski definition) is 5. The van der Waals surface area contributed by atoms with Gasteiger partial charge >= 0.3 is 5.97 Å². The number of carbonyl (C=O) groups is 3. The Hall–Kier alpha value is -3.39. The zero-order valence-corrected chi connectivity index (χ0v) is 15.9. The number of aryl methyl sites for hydroxylation is 2. The van der Waals surface area contributed by atoms with E-state index in [4.69, 9.17) is 5.11 Å². The number of amides is 2. The first-order chi connectivity index (χ1) is 13.2. The van der Waals surface area contributed by atoms with Crippen molar-refractivity contribution < 1.29 is 24.6 Å². The predicted molar refractivity (Wildman–Crippen MR) is 103 cm³/mol. The van der Waals surface area contributed by atoms with Gasteiger partial charge in [0, 0.05) is 17.7 Å². The number of phenolic OH excluding ortho intramolecular Hbond substituents is 1. The van der Waals surface area contributed by atoms with Gasteiger partial charge in [0.1, 0.15) is 11.8 Å². The minimum absolute atomic E-state index is 0.125. The van der Waals surface area contributed by atoms with E-state index in [-0.39, 0.29) is 18.2 Å². The Morgan fingerprint density at radius 2 is 1.68 bits per heavy atom. The molecule has 28 heavy (non-hydrogen) atoms. The third-order valence-electron chi connectivity index (χ3n) is 4.16. The summed E-state index contributed by atoms with van der Waals surface area (Å²) in [5.74, 6) is -1.75. The number of aromatic hydroxyl groups is 1. The molecule has 0 bridgehead atoms. The summed E-state index contributed by atoms with van der Waals surface area (Å²) in [5, 5.41) is 21.1. The van der Waals surface area contributed by atoms with Gasteiger partial charge in [0.15, 0.2) is 0 Å². The van der Waals surface area contributed by atoms with Crippen molar-refractivity contribution in [1.82, 2.24) is 16.2 Å². The van der Waals surface area contributed by atoms with Crippen molar-refractivity contribution in [1.29, 1.82) is 0 Å². The van der Waals surface area contributed by atoms with Gasteiger partial charge in [-0.25, -0.2) is 5.43 Å². The highest BCUT2D eigenvalue weighted by Gasteiger charge is 2.18. The fraction of sp³-hybridized carbons (Fsp3) is 0.250. The van der Waals surface area contributed by atoms with Crippen LogP contribution in [0.25, 0.3) is 0 Å². The Kier molecular flexibility index (Phi) is 6.73. The molecular weight excluding hydrogens is 362 g/mol. The summed E-state index contributed by atoms with van der Waals surface area (Å²) in [6.45, 7) is 5.07. The molecule has 8 nitrogen and oxygen atoms in total. The molecule has 0 aromatic heterocycles. The molecule has 148 valence electrons. The van der Waals surface area contributed by atoms with Crippen molar-refractivity contribution in [2.45, 2.75) is 33.4 Å². The van der Waals surface area contributed by atoms with Crippen molar-refractivity contribution in [3.8, 4) is 5.75 Å². The van der Waals surface area contributed by atoms with Gasteiger partial charge in [-0.05, 0) is 61.7 Å². The van der Waals surface area contributed by atoms with Crippen LogP contribution in [0.5, 0.6) is 5.75 Å². The number of phenols is 1. The van der Waals surface area contributed by atoms with Crippen molar-refractivity contribution in [2.24, 2.45) is 0 Å². The fourth-order valence-electron chi connectivity index (χ4n) is 2.70. The minimum Gasteiger partial charge on any atom is -0.508 e. The van der Waals surface area contributed by atoms with Gasteiger partial charge < -0.3 is 15.5 Å². The van der Waals surface area contributed by atoms with Crippen molar-refractivity contribution in [3.05, 3.63) is 64.2 Å². The Morgan fingerprint density at radius 1 is 1.04 bits per heavy atom. The molecule has 8 heteroatoms. The largest absolute Gasteiger partial charge is 0.508 e. The number of nitrogens with one attached hydrogen (secondary N) is 3. The summed E-state index contributed by atoms with van der Waals surface area (Å²) in [4.78, 5) is 35.6.